The minimum absolute atomic E-state index is 0.0445. The normalized spacial score (nSPS) is 23.6. The summed E-state index contributed by atoms with van der Waals surface area (Å²) in [6.45, 7) is 4.82. The SMILES string of the molecule is CC(=O)NCc1cncc([C@H]2CCCN2C2CCOCC2)n1. The highest BCUT2D eigenvalue weighted by Gasteiger charge is 2.33. The molecule has 3 heterocycles. The molecule has 6 heteroatoms. The molecule has 2 saturated heterocycles. The fraction of sp³-hybridized carbons (Fsp3) is 0.688. The van der Waals surface area contributed by atoms with Crippen molar-refractivity contribution in [2.24, 2.45) is 0 Å². The van der Waals surface area contributed by atoms with Crippen LogP contribution in [0, 0.1) is 0 Å². The highest BCUT2D eigenvalue weighted by Crippen LogP contribution is 2.34. The molecular weight excluding hydrogens is 280 g/mol. The second-order valence-electron chi connectivity index (χ2n) is 6.08. The summed E-state index contributed by atoms with van der Waals surface area (Å²) >= 11 is 0. The summed E-state index contributed by atoms with van der Waals surface area (Å²) in [5, 5.41) is 2.78. The van der Waals surface area contributed by atoms with Crippen molar-refractivity contribution in [2.45, 2.75) is 51.2 Å². The molecule has 3 rings (SSSR count). The van der Waals surface area contributed by atoms with Gasteiger partial charge in [0.05, 0.1) is 36.4 Å². The van der Waals surface area contributed by atoms with E-state index in [2.05, 4.69) is 15.2 Å². The van der Waals surface area contributed by atoms with Crippen LogP contribution in [0.2, 0.25) is 0 Å². The van der Waals surface area contributed by atoms with Crippen LogP contribution < -0.4 is 5.32 Å². The number of hydrogen-bond donors (Lipinski definition) is 1. The van der Waals surface area contributed by atoms with Crippen LogP contribution in [-0.2, 0) is 16.1 Å². The maximum Gasteiger partial charge on any atom is 0.217 e. The van der Waals surface area contributed by atoms with Gasteiger partial charge < -0.3 is 10.1 Å². The van der Waals surface area contributed by atoms with Gasteiger partial charge in [-0.1, -0.05) is 0 Å². The number of hydrogen-bond acceptors (Lipinski definition) is 5. The Hall–Kier alpha value is -1.53. The second kappa shape index (κ2) is 7.15. The van der Waals surface area contributed by atoms with Crippen LogP contribution in [0.15, 0.2) is 12.4 Å². The molecule has 1 aromatic heterocycles. The van der Waals surface area contributed by atoms with E-state index < -0.39 is 0 Å². The van der Waals surface area contributed by atoms with Gasteiger partial charge in [-0.15, -0.1) is 0 Å². The van der Waals surface area contributed by atoms with Crippen molar-refractivity contribution >= 4 is 5.91 Å². The first-order valence-electron chi connectivity index (χ1n) is 8.13. The van der Waals surface area contributed by atoms with Gasteiger partial charge in [-0.2, -0.15) is 0 Å². The van der Waals surface area contributed by atoms with Gasteiger partial charge in [0.25, 0.3) is 0 Å². The topological polar surface area (TPSA) is 67.4 Å². The molecule has 0 saturated carbocycles. The summed E-state index contributed by atoms with van der Waals surface area (Å²) in [6.07, 6.45) is 8.16. The highest BCUT2D eigenvalue weighted by molar-refractivity contribution is 5.72. The van der Waals surface area contributed by atoms with E-state index in [1.165, 1.54) is 13.3 Å². The van der Waals surface area contributed by atoms with Crippen LogP contribution in [0.1, 0.15) is 50.0 Å². The number of carbonyl (C=O) groups excluding carboxylic acids is 1. The van der Waals surface area contributed by atoms with Crippen molar-refractivity contribution in [2.75, 3.05) is 19.8 Å². The standard InChI is InChI=1S/C16H24N4O2/c1-12(21)18-10-13-9-17-11-15(19-13)16-3-2-6-20(16)14-4-7-22-8-5-14/h9,11,14,16H,2-8,10H2,1H3,(H,18,21)/t16-/m1/s1. The van der Waals surface area contributed by atoms with Gasteiger partial charge in [0.15, 0.2) is 0 Å². The predicted molar refractivity (Wildman–Crippen MR) is 82.1 cm³/mol. The van der Waals surface area contributed by atoms with E-state index in [-0.39, 0.29) is 5.91 Å². The number of rotatable bonds is 4. The van der Waals surface area contributed by atoms with Crippen LogP contribution >= 0.6 is 0 Å². The molecule has 22 heavy (non-hydrogen) atoms. The average Bonchev–Trinajstić information content (AvgIpc) is 3.04. The third kappa shape index (κ3) is 3.62. The summed E-state index contributed by atoms with van der Waals surface area (Å²) < 4.78 is 5.48. The summed E-state index contributed by atoms with van der Waals surface area (Å²) in [5.41, 5.74) is 1.86. The molecule has 2 aliphatic heterocycles. The maximum atomic E-state index is 11.0. The van der Waals surface area contributed by atoms with Gasteiger partial charge in [-0.25, -0.2) is 0 Å². The third-order valence-electron chi connectivity index (χ3n) is 4.52. The first kappa shape index (κ1) is 15.4. The number of aromatic nitrogens is 2. The lowest BCUT2D eigenvalue weighted by molar-refractivity contribution is -0.119. The van der Waals surface area contributed by atoms with Crippen molar-refractivity contribution in [1.29, 1.82) is 0 Å². The Morgan fingerprint density at radius 2 is 2.18 bits per heavy atom. The molecule has 0 bridgehead atoms. The molecule has 2 aliphatic rings. The Kier molecular flexibility index (Phi) is 5.00. The van der Waals surface area contributed by atoms with E-state index in [1.807, 2.05) is 6.20 Å². The fourth-order valence-electron chi connectivity index (χ4n) is 3.44. The van der Waals surface area contributed by atoms with Gasteiger partial charge >= 0.3 is 0 Å². The molecule has 1 amide bonds. The zero-order chi connectivity index (χ0) is 15.4. The third-order valence-corrected chi connectivity index (χ3v) is 4.52. The number of ether oxygens (including phenoxy) is 1. The molecule has 1 aromatic rings. The van der Waals surface area contributed by atoms with Crippen molar-refractivity contribution in [3.8, 4) is 0 Å². The number of carbonyl (C=O) groups is 1. The molecule has 0 aromatic carbocycles. The summed E-state index contributed by atoms with van der Waals surface area (Å²) in [4.78, 5) is 22.7. The fourth-order valence-corrected chi connectivity index (χ4v) is 3.44. The Morgan fingerprint density at radius 3 is 2.95 bits per heavy atom. The van der Waals surface area contributed by atoms with Crippen molar-refractivity contribution in [3.05, 3.63) is 23.8 Å². The van der Waals surface area contributed by atoms with E-state index in [9.17, 15) is 4.79 Å². The van der Waals surface area contributed by atoms with Crippen LogP contribution in [-0.4, -0.2) is 46.6 Å². The van der Waals surface area contributed by atoms with Gasteiger partial charge in [-0.3, -0.25) is 19.7 Å². The summed E-state index contributed by atoms with van der Waals surface area (Å²) in [7, 11) is 0. The number of likely N-dealkylation sites (tertiary alicyclic amines) is 1. The van der Waals surface area contributed by atoms with Crippen molar-refractivity contribution in [3.63, 3.8) is 0 Å². The summed E-state index contributed by atoms with van der Waals surface area (Å²) in [5.74, 6) is -0.0445. The lowest BCUT2D eigenvalue weighted by Crippen LogP contribution is -2.39. The lowest BCUT2D eigenvalue weighted by atomic mass is 10.0. The van der Waals surface area contributed by atoms with Crippen molar-refractivity contribution in [1.82, 2.24) is 20.2 Å². The molecule has 1 atom stereocenters. The van der Waals surface area contributed by atoms with Crippen LogP contribution in [0.4, 0.5) is 0 Å². The Morgan fingerprint density at radius 1 is 1.36 bits per heavy atom. The molecule has 1 N–H and O–H groups in total. The van der Waals surface area contributed by atoms with Gasteiger partial charge in [0.2, 0.25) is 5.91 Å². The monoisotopic (exact) mass is 304 g/mol. The molecule has 120 valence electrons. The second-order valence-corrected chi connectivity index (χ2v) is 6.08. The van der Waals surface area contributed by atoms with E-state index >= 15 is 0 Å². The first-order valence-corrected chi connectivity index (χ1v) is 8.13. The molecule has 0 aliphatic carbocycles. The molecule has 2 fully saturated rings. The quantitative estimate of drug-likeness (QED) is 0.911. The maximum absolute atomic E-state index is 11.0. The van der Waals surface area contributed by atoms with Crippen LogP contribution in [0.3, 0.4) is 0 Å². The molecule has 0 spiro atoms. The number of nitrogens with one attached hydrogen (secondary N) is 1. The van der Waals surface area contributed by atoms with Gasteiger partial charge in [0, 0.05) is 26.2 Å². The van der Waals surface area contributed by atoms with Gasteiger partial charge in [-0.05, 0) is 32.2 Å². The Balaban J connectivity index is 1.71. The average molecular weight is 304 g/mol. The lowest BCUT2D eigenvalue weighted by Gasteiger charge is -2.35. The van der Waals surface area contributed by atoms with E-state index in [0.717, 1.165) is 50.4 Å². The minimum atomic E-state index is -0.0445. The van der Waals surface area contributed by atoms with E-state index in [4.69, 9.17) is 9.72 Å². The molecular formula is C16H24N4O2. The Labute approximate surface area is 131 Å². The van der Waals surface area contributed by atoms with Crippen LogP contribution in [0.5, 0.6) is 0 Å². The summed E-state index contributed by atoms with van der Waals surface area (Å²) in [6, 6.07) is 0.954. The highest BCUT2D eigenvalue weighted by atomic mass is 16.5. The minimum Gasteiger partial charge on any atom is -0.381 e. The van der Waals surface area contributed by atoms with Crippen LogP contribution in [0.25, 0.3) is 0 Å². The predicted octanol–water partition coefficient (Wildman–Crippen LogP) is 1.43. The molecule has 6 nitrogen and oxygen atoms in total. The van der Waals surface area contributed by atoms with E-state index in [0.29, 0.717) is 18.6 Å². The molecule has 0 radical (unpaired) electrons. The largest absolute Gasteiger partial charge is 0.381 e. The van der Waals surface area contributed by atoms with Gasteiger partial charge in [0.1, 0.15) is 0 Å². The Bertz CT molecular complexity index is 517. The zero-order valence-electron chi connectivity index (χ0n) is 13.1. The zero-order valence-corrected chi connectivity index (χ0v) is 13.1. The smallest absolute Gasteiger partial charge is 0.217 e. The molecule has 0 unspecified atom stereocenters. The van der Waals surface area contributed by atoms with Crippen molar-refractivity contribution < 1.29 is 9.53 Å². The number of amides is 1. The van der Waals surface area contributed by atoms with E-state index in [1.54, 1.807) is 6.20 Å². The number of nitrogens with zero attached hydrogens (tertiary/aromatic N) is 3. The first-order chi connectivity index (χ1) is 10.7.